The third-order valence-electron chi connectivity index (χ3n) is 2.23. The molecule has 2 rings (SSSR count). The Hall–Kier alpha value is 0.130. The van der Waals surface area contributed by atoms with E-state index in [1.165, 1.54) is 16.2 Å². The first kappa shape index (κ1) is 12.6. The van der Waals surface area contributed by atoms with Gasteiger partial charge in [0.15, 0.2) is 0 Å². The Balaban J connectivity index is 2.27. The lowest BCUT2D eigenvalue weighted by atomic mass is 10.2. The van der Waals surface area contributed by atoms with Crippen LogP contribution >= 0.6 is 50.2 Å². The van der Waals surface area contributed by atoms with E-state index in [2.05, 4.69) is 28.9 Å². The molecule has 1 N–H and O–H groups in total. The molecular formula is C11H10BrClOS2. The van der Waals surface area contributed by atoms with Gasteiger partial charge in [0.05, 0.1) is 8.81 Å². The smallest absolute Gasteiger partial charge is 0.122 e. The summed E-state index contributed by atoms with van der Waals surface area (Å²) in [7, 11) is 0. The predicted molar refractivity (Wildman–Crippen MR) is 74.8 cm³/mol. The van der Waals surface area contributed by atoms with Crippen molar-refractivity contribution in [3.8, 4) is 0 Å². The molecule has 2 aromatic rings. The Kier molecular flexibility index (Phi) is 4.08. The van der Waals surface area contributed by atoms with Gasteiger partial charge >= 0.3 is 0 Å². The summed E-state index contributed by atoms with van der Waals surface area (Å²) in [6, 6.07) is 5.86. The van der Waals surface area contributed by atoms with Crippen LogP contribution in [-0.4, -0.2) is 5.11 Å². The molecule has 1 unspecified atom stereocenters. The highest BCUT2D eigenvalue weighted by molar-refractivity contribution is 9.11. The van der Waals surface area contributed by atoms with Crippen molar-refractivity contribution in [2.24, 2.45) is 0 Å². The molecule has 0 fully saturated rings. The third kappa shape index (κ3) is 2.51. The Labute approximate surface area is 116 Å². The van der Waals surface area contributed by atoms with Gasteiger partial charge in [-0.3, -0.25) is 0 Å². The summed E-state index contributed by atoms with van der Waals surface area (Å²) in [5, 5.41) is 10.8. The van der Waals surface area contributed by atoms with Crippen LogP contribution in [0.4, 0.5) is 0 Å². The van der Waals surface area contributed by atoms with E-state index in [1.54, 1.807) is 11.3 Å². The molecular weight excluding hydrogens is 328 g/mol. The number of hydrogen-bond donors (Lipinski definition) is 1. The fourth-order valence-electron chi connectivity index (χ4n) is 1.37. The number of aliphatic hydroxyl groups excluding tert-OH is 1. The first-order valence-corrected chi connectivity index (χ1v) is 7.63. The van der Waals surface area contributed by atoms with Crippen LogP contribution in [0.15, 0.2) is 22.0 Å². The molecule has 2 heterocycles. The number of aliphatic hydroxyl groups is 1. The van der Waals surface area contributed by atoms with Gasteiger partial charge in [0.2, 0.25) is 0 Å². The van der Waals surface area contributed by atoms with Gasteiger partial charge in [0.25, 0.3) is 0 Å². The lowest BCUT2D eigenvalue weighted by Gasteiger charge is -2.04. The Morgan fingerprint density at radius 1 is 1.38 bits per heavy atom. The molecule has 86 valence electrons. The number of halogens is 2. The van der Waals surface area contributed by atoms with Gasteiger partial charge in [-0.15, -0.1) is 22.7 Å². The highest BCUT2D eigenvalue weighted by Gasteiger charge is 2.16. The average molecular weight is 338 g/mol. The molecule has 0 radical (unpaired) electrons. The van der Waals surface area contributed by atoms with Crippen LogP contribution in [0.3, 0.4) is 0 Å². The Morgan fingerprint density at radius 3 is 2.62 bits per heavy atom. The standard InChI is InChI=1S/C11H10BrClOS2/c1-2-6-3-4-8(15-6)10(14)9-5-7(13)11(12)16-9/h3-5,10,14H,2H2,1H3. The second kappa shape index (κ2) is 5.19. The van der Waals surface area contributed by atoms with Crippen molar-refractivity contribution in [3.05, 3.63) is 41.6 Å². The number of rotatable bonds is 3. The molecule has 0 amide bonds. The van der Waals surface area contributed by atoms with E-state index in [0.29, 0.717) is 5.02 Å². The van der Waals surface area contributed by atoms with E-state index in [9.17, 15) is 5.11 Å². The van der Waals surface area contributed by atoms with Gasteiger partial charge in [0, 0.05) is 14.6 Å². The van der Waals surface area contributed by atoms with E-state index in [0.717, 1.165) is 20.0 Å². The summed E-state index contributed by atoms with van der Waals surface area (Å²) in [5.74, 6) is 0. The largest absolute Gasteiger partial charge is 0.382 e. The van der Waals surface area contributed by atoms with E-state index >= 15 is 0 Å². The molecule has 0 bridgehead atoms. The maximum Gasteiger partial charge on any atom is 0.122 e. The monoisotopic (exact) mass is 336 g/mol. The zero-order chi connectivity index (χ0) is 11.7. The van der Waals surface area contributed by atoms with Crippen LogP contribution in [0.2, 0.25) is 5.02 Å². The van der Waals surface area contributed by atoms with Crippen LogP contribution in [0.25, 0.3) is 0 Å². The Morgan fingerprint density at radius 2 is 2.12 bits per heavy atom. The molecule has 0 saturated heterocycles. The SMILES string of the molecule is CCc1ccc(C(O)c2cc(Cl)c(Br)s2)s1. The number of thiophene rings is 2. The highest BCUT2D eigenvalue weighted by Crippen LogP contribution is 2.38. The molecule has 0 spiro atoms. The highest BCUT2D eigenvalue weighted by atomic mass is 79.9. The quantitative estimate of drug-likeness (QED) is 0.847. The van der Waals surface area contributed by atoms with Gasteiger partial charge in [-0.1, -0.05) is 18.5 Å². The zero-order valence-corrected chi connectivity index (χ0v) is 12.5. The van der Waals surface area contributed by atoms with Crippen LogP contribution in [0.5, 0.6) is 0 Å². The van der Waals surface area contributed by atoms with Crippen molar-refractivity contribution in [1.82, 2.24) is 0 Å². The molecule has 1 atom stereocenters. The molecule has 1 nitrogen and oxygen atoms in total. The first-order valence-electron chi connectivity index (χ1n) is 4.83. The van der Waals surface area contributed by atoms with Crippen molar-refractivity contribution >= 4 is 50.2 Å². The number of hydrogen-bond acceptors (Lipinski definition) is 3. The molecule has 16 heavy (non-hydrogen) atoms. The molecule has 0 aliphatic carbocycles. The second-order valence-electron chi connectivity index (χ2n) is 3.33. The topological polar surface area (TPSA) is 20.2 Å². The van der Waals surface area contributed by atoms with Gasteiger partial charge in [0.1, 0.15) is 6.10 Å². The maximum absolute atomic E-state index is 10.2. The molecule has 0 aromatic carbocycles. The van der Waals surface area contributed by atoms with Crippen LogP contribution in [0, 0.1) is 0 Å². The third-order valence-corrected chi connectivity index (χ3v) is 6.04. The zero-order valence-electron chi connectivity index (χ0n) is 8.54. The lowest BCUT2D eigenvalue weighted by molar-refractivity contribution is 0.228. The van der Waals surface area contributed by atoms with Crippen molar-refractivity contribution in [1.29, 1.82) is 0 Å². The van der Waals surface area contributed by atoms with Crippen LogP contribution < -0.4 is 0 Å². The normalized spacial score (nSPS) is 13.0. The van der Waals surface area contributed by atoms with Crippen molar-refractivity contribution in [3.63, 3.8) is 0 Å². The molecule has 0 saturated carbocycles. The van der Waals surface area contributed by atoms with Gasteiger partial charge in [-0.2, -0.15) is 0 Å². The van der Waals surface area contributed by atoms with E-state index in [-0.39, 0.29) is 0 Å². The lowest BCUT2D eigenvalue weighted by Crippen LogP contribution is -1.92. The van der Waals surface area contributed by atoms with Crippen molar-refractivity contribution < 1.29 is 5.11 Å². The van der Waals surface area contributed by atoms with E-state index < -0.39 is 6.10 Å². The van der Waals surface area contributed by atoms with E-state index in [4.69, 9.17) is 11.6 Å². The first-order chi connectivity index (χ1) is 7.61. The minimum absolute atomic E-state index is 0.556. The molecule has 2 aromatic heterocycles. The molecule has 0 aliphatic rings. The number of aryl methyl sites for hydroxylation is 1. The Bertz CT molecular complexity index is 472. The fraction of sp³-hybridized carbons (Fsp3) is 0.273. The summed E-state index contributed by atoms with van der Waals surface area (Å²) >= 11 is 12.4. The summed E-state index contributed by atoms with van der Waals surface area (Å²) in [5.41, 5.74) is 0. The summed E-state index contributed by atoms with van der Waals surface area (Å²) < 4.78 is 0.871. The summed E-state index contributed by atoms with van der Waals surface area (Å²) in [6.07, 6.45) is 0.450. The minimum Gasteiger partial charge on any atom is -0.382 e. The second-order valence-corrected chi connectivity index (χ2v) is 7.34. The van der Waals surface area contributed by atoms with Crippen molar-refractivity contribution in [2.45, 2.75) is 19.4 Å². The van der Waals surface area contributed by atoms with E-state index in [1.807, 2.05) is 12.1 Å². The summed E-state index contributed by atoms with van der Waals surface area (Å²) in [6.45, 7) is 2.11. The molecule has 5 heteroatoms. The minimum atomic E-state index is -0.556. The van der Waals surface area contributed by atoms with Gasteiger partial charge in [-0.05, 0) is 40.5 Å². The predicted octanol–water partition coefficient (Wildman–Crippen LogP) is 4.87. The van der Waals surface area contributed by atoms with Crippen LogP contribution in [0.1, 0.15) is 27.7 Å². The fourth-order valence-corrected chi connectivity index (χ4v) is 4.15. The van der Waals surface area contributed by atoms with Crippen molar-refractivity contribution in [2.75, 3.05) is 0 Å². The van der Waals surface area contributed by atoms with Gasteiger partial charge < -0.3 is 5.11 Å². The maximum atomic E-state index is 10.2. The summed E-state index contributed by atoms with van der Waals surface area (Å²) in [4.78, 5) is 3.14. The molecule has 0 aliphatic heterocycles. The van der Waals surface area contributed by atoms with Crippen LogP contribution in [-0.2, 0) is 6.42 Å². The average Bonchev–Trinajstić information content (AvgIpc) is 2.86. The van der Waals surface area contributed by atoms with Gasteiger partial charge in [-0.25, -0.2) is 0 Å².